The van der Waals surface area contributed by atoms with Gasteiger partial charge in [0, 0.05) is 32.7 Å². The highest BCUT2D eigenvalue weighted by Crippen LogP contribution is 2.42. The molecule has 3 heterocycles. The quantitative estimate of drug-likeness (QED) is 0.178. The lowest BCUT2D eigenvalue weighted by molar-refractivity contribution is 0.669. The summed E-state index contributed by atoms with van der Waals surface area (Å²) in [5, 5.41) is 16.1. The molecule has 0 aliphatic carbocycles. The molecule has 3 aromatic heterocycles. The highest BCUT2D eigenvalue weighted by Gasteiger charge is 2.22. The van der Waals surface area contributed by atoms with E-state index in [4.69, 9.17) is 19.4 Å². The van der Waals surface area contributed by atoms with E-state index in [9.17, 15) is 0 Å². The van der Waals surface area contributed by atoms with Crippen molar-refractivity contribution in [3.63, 3.8) is 0 Å². The fraction of sp³-hybridized carbons (Fsp3) is 0. The maximum absolute atomic E-state index is 6.46. The van der Waals surface area contributed by atoms with Crippen LogP contribution < -0.4 is 0 Å². The van der Waals surface area contributed by atoms with Crippen LogP contribution in [0.5, 0.6) is 0 Å². The number of hydrogen-bond acceptors (Lipinski definition) is 4. The van der Waals surface area contributed by atoms with Crippen LogP contribution >= 0.6 is 0 Å². The first-order valence-corrected chi connectivity index (χ1v) is 21.7. The van der Waals surface area contributed by atoms with Gasteiger partial charge in [-0.05, 0) is 120 Å². The summed E-state index contributed by atoms with van der Waals surface area (Å²) in [4.78, 5) is 16.3. The zero-order valence-electron chi connectivity index (χ0n) is 34.3. The summed E-state index contributed by atoms with van der Waals surface area (Å²) in [5.74, 6) is 1.73. The van der Waals surface area contributed by atoms with Crippen LogP contribution in [0.3, 0.4) is 0 Å². The van der Waals surface area contributed by atoms with Crippen molar-refractivity contribution < 1.29 is 4.42 Å². The molecule has 14 rings (SSSR count). The Balaban J connectivity index is 1.06. The third-order valence-corrected chi connectivity index (χ3v) is 13.2. The lowest BCUT2D eigenvalue weighted by Gasteiger charge is -2.14. The minimum atomic E-state index is 0.552. The molecule has 0 saturated heterocycles. The van der Waals surface area contributed by atoms with Crippen molar-refractivity contribution >= 4 is 97.6 Å². The Labute approximate surface area is 366 Å². The van der Waals surface area contributed by atoms with Crippen molar-refractivity contribution in [2.75, 3.05) is 0 Å². The normalized spacial score (nSPS) is 12.1. The fourth-order valence-electron chi connectivity index (χ4n) is 10.2. The Morgan fingerprint density at radius 1 is 0.312 bits per heavy atom. The first-order valence-electron chi connectivity index (χ1n) is 21.7. The van der Waals surface area contributed by atoms with Gasteiger partial charge in [-0.3, -0.25) is 4.57 Å². The van der Waals surface area contributed by atoms with E-state index in [0.717, 1.165) is 71.4 Å². The van der Waals surface area contributed by atoms with Crippen molar-refractivity contribution in [1.29, 1.82) is 0 Å². The zero-order valence-corrected chi connectivity index (χ0v) is 34.3. The van der Waals surface area contributed by atoms with Crippen molar-refractivity contribution in [2.24, 2.45) is 0 Å². The summed E-state index contributed by atoms with van der Waals surface area (Å²) in [6.07, 6.45) is 0. The molecule has 0 atom stereocenters. The van der Waals surface area contributed by atoms with Gasteiger partial charge in [0.2, 0.25) is 5.95 Å². The minimum Gasteiger partial charge on any atom is -0.456 e. The van der Waals surface area contributed by atoms with Crippen LogP contribution in [0, 0.1) is 0 Å². The van der Waals surface area contributed by atoms with E-state index in [1.807, 2.05) is 6.07 Å². The van der Waals surface area contributed by atoms with E-state index < -0.39 is 0 Å². The monoisotopic (exact) mass is 814 g/mol. The number of fused-ring (bicyclic) bond motifs is 13. The van der Waals surface area contributed by atoms with E-state index >= 15 is 0 Å². The van der Waals surface area contributed by atoms with E-state index in [1.165, 1.54) is 48.5 Å². The molecule has 5 nitrogen and oxygen atoms in total. The van der Waals surface area contributed by atoms with Crippen LogP contribution in [-0.4, -0.2) is 19.5 Å². The molecule has 14 aromatic rings. The largest absolute Gasteiger partial charge is 0.456 e. The predicted molar refractivity (Wildman–Crippen MR) is 265 cm³/mol. The van der Waals surface area contributed by atoms with Crippen molar-refractivity contribution in [2.45, 2.75) is 0 Å². The van der Waals surface area contributed by atoms with Gasteiger partial charge in [-0.2, -0.15) is 9.97 Å². The molecule has 0 saturated carbocycles. The first-order chi connectivity index (χ1) is 31.7. The average molecular weight is 815 g/mol. The second-order valence-electron chi connectivity index (χ2n) is 16.8. The zero-order chi connectivity index (χ0) is 41.9. The van der Waals surface area contributed by atoms with E-state index in [1.54, 1.807) is 0 Å². The number of aromatic nitrogens is 4. The summed E-state index contributed by atoms with van der Waals surface area (Å²) in [6.45, 7) is 0. The molecule has 0 unspecified atom stereocenters. The molecular weight excluding hydrogens is 781 g/mol. The summed E-state index contributed by atoms with van der Waals surface area (Å²) < 4.78 is 8.69. The molecule has 0 bridgehead atoms. The van der Waals surface area contributed by atoms with Gasteiger partial charge < -0.3 is 4.42 Å². The Morgan fingerprint density at radius 2 is 0.828 bits per heavy atom. The molecule has 0 N–H and O–H groups in total. The molecule has 296 valence electrons. The molecule has 0 aliphatic rings. The minimum absolute atomic E-state index is 0.552. The SMILES string of the molecule is c1ccc2cc(-c3ccc(-c4nc(-c5ccc6oc7cc8ccccc8cc7c6c5)nc(-n5c6ccc7ccccc7c6c6c7ccccc7ccc65)n4)c4ccccc34)ccc2c1. The van der Waals surface area contributed by atoms with Gasteiger partial charge in [0.05, 0.1) is 11.0 Å². The second kappa shape index (κ2) is 13.4. The fourth-order valence-corrected chi connectivity index (χ4v) is 10.2. The van der Waals surface area contributed by atoms with Crippen LogP contribution in [0.25, 0.3) is 137 Å². The number of nitrogens with zero attached hydrogens (tertiary/aromatic N) is 4. The molecule has 0 aliphatic heterocycles. The number of rotatable bonds is 4. The van der Waals surface area contributed by atoms with E-state index in [-0.39, 0.29) is 0 Å². The van der Waals surface area contributed by atoms with Gasteiger partial charge in [-0.15, -0.1) is 0 Å². The molecule has 5 heteroatoms. The standard InChI is InChI=1S/C59H34N4O/c1-2-14-38-31-41(22-21-35(38)11-1)43-26-27-48(47-20-10-9-19-46(43)47)58-60-57(42-25-30-53-49(33-42)50-32-39-15-3-4-16-40(39)34-54(50)64-53)61-59(62-58)63-51-28-23-36-12-5-7-17-44(36)55(51)56-45-18-8-6-13-37(45)24-29-52(56)63/h1-34H. The van der Waals surface area contributed by atoms with Gasteiger partial charge in [-0.1, -0.05) is 152 Å². The lowest BCUT2D eigenvalue weighted by Crippen LogP contribution is -2.06. The van der Waals surface area contributed by atoms with Crippen LogP contribution in [0.1, 0.15) is 0 Å². The highest BCUT2D eigenvalue weighted by atomic mass is 16.3. The lowest BCUT2D eigenvalue weighted by atomic mass is 9.93. The molecule has 64 heavy (non-hydrogen) atoms. The Kier molecular flexibility index (Phi) is 7.33. The molecule has 0 radical (unpaired) electrons. The maximum atomic E-state index is 6.46. The molecular formula is C59H34N4O. The van der Waals surface area contributed by atoms with Crippen LogP contribution in [0.15, 0.2) is 211 Å². The second-order valence-corrected chi connectivity index (χ2v) is 16.8. The van der Waals surface area contributed by atoms with Crippen molar-refractivity contribution in [1.82, 2.24) is 19.5 Å². The smallest absolute Gasteiger partial charge is 0.238 e. The van der Waals surface area contributed by atoms with Gasteiger partial charge in [-0.25, -0.2) is 4.98 Å². The van der Waals surface area contributed by atoms with E-state index in [0.29, 0.717) is 17.6 Å². The average Bonchev–Trinajstić information content (AvgIpc) is 3.90. The van der Waals surface area contributed by atoms with Gasteiger partial charge >= 0.3 is 0 Å². The van der Waals surface area contributed by atoms with Crippen LogP contribution in [0.2, 0.25) is 0 Å². The van der Waals surface area contributed by atoms with Crippen LogP contribution in [-0.2, 0) is 0 Å². The van der Waals surface area contributed by atoms with Gasteiger partial charge in [0.1, 0.15) is 11.2 Å². The van der Waals surface area contributed by atoms with Crippen LogP contribution in [0.4, 0.5) is 0 Å². The molecule has 0 spiro atoms. The molecule has 11 aromatic carbocycles. The Hall–Kier alpha value is -8.67. The summed E-state index contributed by atoms with van der Waals surface area (Å²) in [6, 6.07) is 73.4. The summed E-state index contributed by atoms with van der Waals surface area (Å²) in [5.41, 5.74) is 7.87. The van der Waals surface area contributed by atoms with E-state index in [2.05, 4.69) is 205 Å². The number of furan rings is 1. The predicted octanol–water partition coefficient (Wildman–Crippen LogP) is 15.6. The highest BCUT2D eigenvalue weighted by molar-refractivity contribution is 6.28. The summed E-state index contributed by atoms with van der Waals surface area (Å²) in [7, 11) is 0. The Bertz CT molecular complexity index is 4180. The number of benzene rings is 11. The third kappa shape index (κ3) is 5.22. The topological polar surface area (TPSA) is 56.7 Å². The Morgan fingerprint density at radius 3 is 1.53 bits per heavy atom. The van der Waals surface area contributed by atoms with Crippen molar-refractivity contribution in [3.8, 4) is 39.9 Å². The van der Waals surface area contributed by atoms with Gasteiger partial charge in [0.25, 0.3) is 0 Å². The number of hydrogen-bond donors (Lipinski definition) is 0. The van der Waals surface area contributed by atoms with Gasteiger partial charge in [0.15, 0.2) is 11.6 Å². The van der Waals surface area contributed by atoms with Crippen molar-refractivity contribution in [3.05, 3.63) is 206 Å². The molecule has 0 amide bonds. The summed E-state index contributed by atoms with van der Waals surface area (Å²) >= 11 is 0. The first kappa shape index (κ1) is 35.0. The molecule has 0 fully saturated rings. The third-order valence-electron chi connectivity index (χ3n) is 13.2. The maximum Gasteiger partial charge on any atom is 0.238 e.